The van der Waals surface area contributed by atoms with E-state index < -0.39 is 5.60 Å². The number of amides is 1. The zero-order chi connectivity index (χ0) is 15.3. The summed E-state index contributed by atoms with van der Waals surface area (Å²) in [6.07, 6.45) is -0.332. The van der Waals surface area contributed by atoms with E-state index in [0.717, 1.165) is 11.3 Å². The van der Waals surface area contributed by atoms with E-state index in [9.17, 15) is 4.79 Å². The molecule has 0 aliphatic heterocycles. The van der Waals surface area contributed by atoms with Gasteiger partial charge in [0.15, 0.2) is 0 Å². The van der Waals surface area contributed by atoms with Crippen molar-refractivity contribution < 1.29 is 14.3 Å². The average molecular weight is 279 g/mol. The zero-order valence-corrected chi connectivity index (χ0v) is 13.3. The van der Waals surface area contributed by atoms with E-state index >= 15 is 0 Å². The first kappa shape index (κ1) is 16.3. The predicted octanol–water partition coefficient (Wildman–Crippen LogP) is 3.55. The smallest absolute Gasteiger partial charge is 0.410 e. The van der Waals surface area contributed by atoms with Gasteiger partial charge >= 0.3 is 6.09 Å². The minimum absolute atomic E-state index is 0.332. The molecule has 1 rings (SSSR count). The largest absolute Gasteiger partial charge is 0.491 e. The summed E-state index contributed by atoms with van der Waals surface area (Å²) in [5.41, 5.74) is 1.84. The molecule has 0 aromatic heterocycles. The van der Waals surface area contributed by atoms with Crippen LogP contribution in [-0.4, -0.2) is 36.8 Å². The maximum atomic E-state index is 11.8. The van der Waals surface area contributed by atoms with Crippen molar-refractivity contribution in [1.82, 2.24) is 4.90 Å². The number of hydrogen-bond acceptors (Lipinski definition) is 3. The van der Waals surface area contributed by atoms with Crippen LogP contribution in [0.1, 0.15) is 31.9 Å². The maximum Gasteiger partial charge on any atom is 0.410 e. The van der Waals surface area contributed by atoms with Crippen molar-refractivity contribution in [3.8, 4) is 5.75 Å². The van der Waals surface area contributed by atoms with Crippen LogP contribution >= 0.6 is 0 Å². The van der Waals surface area contributed by atoms with Gasteiger partial charge in [0, 0.05) is 7.05 Å². The highest BCUT2D eigenvalue weighted by Gasteiger charge is 2.19. The van der Waals surface area contributed by atoms with Crippen LogP contribution in [0.25, 0.3) is 0 Å². The highest BCUT2D eigenvalue weighted by molar-refractivity contribution is 5.67. The second kappa shape index (κ2) is 6.64. The lowest BCUT2D eigenvalue weighted by molar-refractivity contribution is 0.0278. The Morgan fingerprint density at radius 2 is 1.90 bits per heavy atom. The molecule has 1 aromatic carbocycles. The Morgan fingerprint density at radius 3 is 2.45 bits per heavy atom. The molecule has 0 bridgehead atoms. The van der Waals surface area contributed by atoms with E-state index in [-0.39, 0.29) is 6.09 Å². The number of nitrogens with zero attached hydrogens (tertiary/aromatic N) is 1. The molecule has 0 spiro atoms. The maximum absolute atomic E-state index is 11.8. The van der Waals surface area contributed by atoms with Crippen LogP contribution in [0.15, 0.2) is 18.2 Å². The van der Waals surface area contributed by atoms with Gasteiger partial charge in [-0.05, 0) is 46.2 Å². The third kappa shape index (κ3) is 5.51. The zero-order valence-electron chi connectivity index (χ0n) is 13.3. The van der Waals surface area contributed by atoms with E-state index in [1.807, 2.05) is 46.8 Å². The number of benzene rings is 1. The number of carbonyl (C=O) groups excluding carboxylic acids is 1. The number of rotatable bonds is 4. The molecule has 0 aliphatic rings. The minimum atomic E-state index is -0.472. The fourth-order valence-electron chi connectivity index (χ4n) is 1.68. The van der Waals surface area contributed by atoms with E-state index in [0.29, 0.717) is 13.2 Å². The fraction of sp³-hybridized carbons (Fsp3) is 0.562. The molecule has 0 heterocycles. The van der Waals surface area contributed by atoms with E-state index in [2.05, 4.69) is 6.07 Å². The van der Waals surface area contributed by atoms with Crippen LogP contribution in [0.5, 0.6) is 5.75 Å². The highest BCUT2D eigenvalue weighted by atomic mass is 16.6. The molecular weight excluding hydrogens is 254 g/mol. The Balaban J connectivity index is 2.42. The molecule has 0 aliphatic carbocycles. The van der Waals surface area contributed by atoms with Gasteiger partial charge in [-0.1, -0.05) is 17.7 Å². The molecule has 112 valence electrons. The fourth-order valence-corrected chi connectivity index (χ4v) is 1.68. The topological polar surface area (TPSA) is 38.8 Å². The molecule has 0 saturated heterocycles. The van der Waals surface area contributed by atoms with Crippen LogP contribution in [-0.2, 0) is 4.74 Å². The Bertz CT molecular complexity index is 463. The Morgan fingerprint density at radius 1 is 1.25 bits per heavy atom. The van der Waals surface area contributed by atoms with Crippen LogP contribution in [0.4, 0.5) is 4.79 Å². The molecule has 1 amide bonds. The summed E-state index contributed by atoms with van der Waals surface area (Å²) in [4.78, 5) is 13.3. The van der Waals surface area contributed by atoms with Crippen LogP contribution < -0.4 is 4.74 Å². The highest BCUT2D eigenvalue weighted by Crippen LogP contribution is 2.18. The van der Waals surface area contributed by atoms with Crippen LogP contribution in [0, 0.1) is 13.8 Å². The Labute approximate surface area is 121 Å². The van der Waals surface area contributed by atoms with Crippen molar-refractivity contribution in [2.24, 2.45) is 0 Å². The molecule has 0 fully saturated rings. The SMILES string of the molecule is Cc1ccc(OCCN(C)C(=O)OC(C)(C)C)c(C)c1. The van der Waals surface area contributed by atoms with Crippen molar-refractivity contribution in [1.29, 1.82) is 0 Å². The molecule has 20 heavy (non-hydrogen) atoms. The van der Waals surface area contributed by atoms with Gasteiger partial charge in [0.25, 0.3) is 0 Å². The monoisotopic (exact) mass is 279 g/mol. The van der Waals surface area contributed by atoms with Crippen molar-refractivity contribution in [3.05, 3.63) is 29.3 Å². The first-order valence-electron chi connectivity index (χ1n) is 6.83. The predicted molar refractivity (Wildman–Crippen MR) is 80.3 cm³/mol. The average Bonchev–Trinajstić information content (AvgIpc) is 2.29. The lowest BCUT2D eigenvalue weighted by Crippen LogP contribution is -2.36. The number of likely N-dealkylation sites (N-methyl/N-ethyl adjacent to an activating group) is 1. The molecular formula is C16H25NO3. The third-order valence-corrected chi connectivity index (χ3v) is 2.72. The summed E-state index contributed by atoms with van der Waals surface area (Å²) in [6.45, 7) is 10.6. The van der Waals surface area contributed by atoms with Gasteiger partial charge in [-0.15, -0.1) is 0 Å². The van der Waals surface area contributed by atoms with Crippen molar-refractivity contribution in [3.63, 3.8) is 0 Å². The summed E-state index contributed by atoms with van der Waals surface area (Å²) in [6, 6.07) is 6.05. The molecule has 4 heteroatoms. The molecule has 4 nitrogen and oxygen atoms in total. The summed E-state index contributed by atoms with van der Waals surface area (Å²) in [5.74, 6) is 0.855. The van der Waals surface area contributed by atoms with Crippen molar-refractivity contribution in [2.75, 3.05) is 20.2 Å². The summed E-state index contributed by atoms with van der Waals surface area (Å²) in [7, 11) is 1.71. The van der Waals surface area contributed by atoms with Crippen LogP contribution in [0.3, 0.4) is 0 Å². The minimum Gasteiger partial charge on any atom is -0.491 e. The number of carbonyl (C=O) groups is 1. The first-order chi connectivity index (χ1) is 9.19. The molecule has 0 unspecified atom stereocenters. The van der Waals surface area contributed by atoms with Crippen LogP contribution in [0.2, 0.25) is 0 Å². The summed E-state index contributed by atoms with van der Waals surface area (Å²) in [5, 5.41) is 0. The van der Waals surface area contributed by atoms with Gasteiger partial charge in [0.2, 0.25) is 0 Å². The Hall–Kier alpha value is -1.71. The van der Waals surface area contributed by atoms with Gasteiger partial charge in [0.1, 0.15) is 18.0 Å². The second-order valence-electron chi connectivity index (χ2n) is 6.02. The standard InChI is InChI=1S/C16H25NO3/c1-12-7-8-14(13(2)11-12)19-10-9-17(6)15(18)20-16(3,4)5/h7-8,11H,9-10H2,1-6H3. The number of ether oxygens (including phenoxy) is 2. The normalized spacial score (nSPS) is 11.1. The van der Waals surface area contributed by atoms with Crippen molar-refractivity contribution >= 4 is 6.09 Å². The number of aryl methyl sites for hydroxylation is 2. The molecule has 0 saturated carbocycles. The molecule has 0 radical (unpaired) electrons. The summed E-state index contributed by atoms with van der Waals surface area (Å²) < 4.78 is 11.0. The molecule has 1 aromatic rings. The van der Waals surface area contributed by atoms with E-state index in [4.69, 9.17) is 9.47 Å². The van der Waals surface area contributed by atoms with E-state index in [1.54, 1.807) is 7.05 Å². The quantitative estimate of drug-likeness (QED) is 0.846. The lowest BCUT2D eigenvalue weighted by atomic mass is 10.1. The lowest BCUT2D eigenvalue weighted by Gasteiger charge is -2.24. The van der Waals surface area contributed by atoms with Gasteiger partial charge in [0.05, 0.1) is 6.54 Å². The Kier molecular flexibility index (Phi) is 5.43. The summed E-state index contributed by atoms with van der Waals surface area (Å²) >= 11 is 0. The van der Waals surface area contributed by atoms with Gasteiger partial charge in [-0.2, -0.15) is 0 Å². The van der Waals surface area contributed by atoms with Crippen molar-refractivity contribution in [2.45, 2.75) is 40.2 Å². The van der Waals surface area contributed by atoms with Gasteiger partial charge in [-0.25, -0.2) is 4.79 Å². The van der Waals surface area contributed by atoms with E-state index in [1.165, 1.54) is 10.5 Å². The molecule has 0 N–H and O–H groups in total. The number of hydrogen-bond donors (Lipinski definition) is 0. The third-order valence-electron chi connectivity index (χ3n) is 2.72. The van der Waals surface area contributed by atoms with Gasteiger partial charge in [-0.3, -0.25) is 0 Å². The second-order valence-corrected chi connectivity index (χ2v) is 6.02. The molecule has 0 atom stereocenters. The van der Waals surface area contributed by atoms with Gasteiger partial charge < -0.3 is 14.4 Å². The first-order valence-corrected chi connectivity index (χ1v) is 6.83.